The van der Waals surface area contributed by atoms with Crippen molar-refractivity contribution in [2.45, 2.75) is 18.4 Å². The van der Waals surface area contributed by atoms with Crippen LogP contribution in [0.5, 0.6) is 0 Å². The Morgan fingerprint density at radius 1 is 1.63 bits per heavy atom. The monoisotopic (exact) mass is 296 g/mol. The third-order valence-corrected chi connectivity index (χ3v) is 4.02. The first-order valence-corrected chi connectivity index (χ1v) is 8.12. The number of thioether (sulfide) groups is 2. The van der Waals surface area contributed by atoms with Crippen molar-refractivity contribution in [3.8, 4) is 6.07 Å². The molecule has 0 aliphatic rings. The van der Waals surface area contributed by atoms with Crippen LogP contribution in [-0.2, 0) is 4.79 Å². The fourth-order valence-electron chi connectivity index (χ4n) is 1.35. The lowest BCUT2D eigenvalue weighted by Crippen LogP contribution is -2.16. The highest BCUT2D eigenvalue weighted by Gasteiger charge is 2.11. The lowest BCUT2D eigenvalue weighted by atomic mass is 10.2. The van der Waals surface area contributed by atoms with Gasteiger partial charge in [0.15, 0.2) is 0 Å². The molecule has 1 aromatic rings. The van der Waals surface area contributed by atoms with E-state index in [0.29, 0.717) is 27.8 Å². The van der Waals surface area contributed by atoms with Gasteiger partial charge in [0.05, 0.1) is 11.4 Å². The number of aromatic nitrogens is 1. The first-order valence-electron chi connectivity index (χ1n) is 5.74. The number of hydrogen-bond acceptors (Lipinski definition) is 6. The predicted octanol–water partition coefficient (Wildman–Crippen LogP) is 2.34. The average molecular weight is 296 g/mol. The summed E-state index contributed by atoms with van der Waals surface area (Å²) in [5, 5.41) is 12.2. The molecule has 0 aromatic carbocycles. The summed E-state index contributed by atoms with van der Waals surface area (Å²) in [5.74, 6) is 1.63. The summed E-state index contributed by atoms with van der Waals surface area (Å²) in [6.07, 6.45) is 2.85. The van der Waals surface area contributed by atoms with Crippen LogP contribution >= 0.6 is 23.5 Å². The summed E-state index contributed by atoms with van der Waals surface area (Å²) in [4.78, 5) is 15.9. The summed E-state index contributed by atoms with van der Waals surface area (Å²) in [6, 6.07) is 3.53. The molecule has 0 bridgehead atoms. The molecule has 0 atom stereocenters. The number of nitrogen functional groups attached to an aromatic ring is 1. The molecule has 0 saturated carbocycles. The number of carbonyl (C=O) groups excluding carboxylic acids is 1. The van der Waals surface area contributed by atoms with Gasteiger partial charge in [0.2, 0.25) is 5.91 Å². The minimum Gasteiger partial charge on any atom is -0.397 e. The zero-order chi connectivity index (χ0) is 14.3. The van der Waals surface area contributed by atoms with E-state index in [9.17, 15) is 4.79 Å². The summed E-state index contributed by atoms with van der Waals surface area (Å²) in [7, 11) is 0. The molecule has 1 rings (SSSR count). The fourth-order valence-corrected chi connectivity index (χ4v) is 2.60. The van der Waals surface area contributed by atoms with Crippen molar-refractivity contribution < 1.29 is 4.79 Å². The molecule has 19 heavy (non-hydrogen) atoms. The molecule has 3 N–H and O–H groups in total. The van der Waals surface area contributed by atoms with E-state index >= 15 is 0 Å². The van der Waals surface area contributed by atoms with E-state index in [1.807, 2.05) is 12.3 Å². The number of rotatable bonds is 6. The van der Waals surface area contributed by atoms with Crippen LogP contribution < -0.4 is 11.1 Å². The van der Waals surface area contributed by atoms with E-state index in [1.54, 1.807) is 11.8 Å². The van der Waals surface area contributed by atoms with Crippen molar-refractivity contribution in [1.82, 2.24) is 4.98 Å². The second-order valence-corrected chi connectivity index (χ2v) is 5.59. The number of carbonyl (C=O) groups is 1. The first-order chi connectivity index (χ1) is 9.12. The molecule has 0 radical (unpaired) electrons. The Labute approximate surface area is 121 Å². The molecule has 0 unspecified atom stereocenters. The first kappa shape index (κ1) is 15.7. The molecular weight excluding hydrogens is 280 g/mol. The Bertz CT molecular complexity index is 499. The maximum absolute atomic E-state index is 11.7. The Balaban J connectivity index is 2.77. The van der Waals surface area contributed by atoms with Gasteiger partial charge in [-0.3, -0.25) is 4.79 Å². The lowest BCUT2D eigenvalue weighted by molar-refractivity contribution is -0.113. The van der Waals surface area contributed by atoms with Crippen LogP contribution in [0.15, 0.2) is 11.1 Å². The summed E-state index contributed by atoms with van der Waals surface area (Å²) in [5.41, 5.74) is 6.46. The van der Waals surface area contributed by atoms with E-state index in [-0.39, 0.29) is 5.91 Å². The smallest absolute Gasteiger partial charge is 0.235 e. The van der Waals surface area contributed by atoms with E-state index in [4.69, 9.17) is 11.0 Å². The molecule has 0 fully saturated rings. The van der Waals surface area contributed by atoms with Gasteiger partial charge in [-0.1, -0.05) is 6.92 Å². The third kappa shape index (κ3) is 4.65. The van der Waals surface area contributed by atoms with Crippen LogP contribution in [-0.4, -0.2) is 28.7 Å². The molecule has 7 heteroatoms. The number of nitriles is 1. The van der Waals surface area contributed by atoms with Crippen molar-refractivity contribution in [3.05, 3.63) is 11.6 Å². The van der Waals surface area contributed by atoms with Crippen LogP contribution in [0.1, 0.15) is 18.9 Å². The molecule has 1 aromatic heterocycles. The Hall–Kier alpha value is -1.39. The molecule has 0 spiro atoms. The molecule has 102 valence electrons. The maximum atomic E-state index is 11.7. The molecule has 1 heterocycles. The Kier molecular flexibility index (Phi) is 6.53. The SMILES string of the molecule is CCCSCC(=O)Nc1cc(N)c(C#N)c(SC)n1. The van der Waals surface area contributed by atoms with Crippen molar-refractivity contribution >= 4 is 40.9 Å². The fraction of sp³-hybridized carbons (Fsp3) is 0.417. The average Bonchev–Trinajstić information content (AvgIpc) is 2.38. The highest BCUT2D eigenvalue weighted by molar-refractivity contribution is 7.99. The highest BCUT2D eigenvalue weighted by Crippen LogP contribution is 2.25. The number of pyridine rings is 1. The van der Waals surface area contributed by atoms with Gasteiger partial charge in [-0.15, -0.1) is 11.8 Å². The third-order valence-electron chi connectivity index (χ3n) is 2.17. The minimum absolute atomic E-state index is 0.109. The van der Waals surface area contributed by atoms with Gasteiger partial charge in [0, 0.05) is 6.07 Å². The van der Waals surface area contributed by atoms with Crippen molar-refractivity contribution in [2.24, 2.45) is 0 Å². The minimum atomic E-state index is -0.109. The van der Waals surface area contributed by atoms with Crippen molar-refractivity contribution in [3.63, 3.8) is 0 Å². The van der Waals surface area contributed by atoms with Crippen LogP contribution in [0.4, 0.5) is 11.5 Å². The normalized spacial score (nSPS) is 9.95. The van der Waals surface area contributed by atoms with Gasteiger partial charge >= 0.3 is 0 Å². The zero-order valence-corrected chi connectivity index (χ0v) is 12.5. The van der Waals surface area contributed by atoms with E-state index in [0.717, 1.165) is 12.2 Å². The van der Waals surface area contributed by atoms with E-state index in [2.05, 4.69) is 17.2 Å². The highest BCUT2D eigenvalue weighted by atomic mass is 32.2. The number of nitrogens with zero attached hydrogens (tertiary/aromatic N) is 2. The van der Waals surface area contributed by atoms with Crippen LogP contribution in [0, 0.1) is 11.3 Å². The molecule has 0 aliphatic heterocycles. The summed E-state index contributed by atoms with van der Waals surface area (Å²) in [6.45, 7) is 2.07. The van der Waals surface area contributed by atoms with Crippen LogP contribution in [0.3, 0.4) is 0 Å². The Morgan fingerprint density at radius 3 is 2.95 bits per heavy atom. The quantitative estimate of drug-likeness (QED) is 0.618. The van der Waals surface area contributed by atoms with Crippen molar-refractivity contribution in [2.75, 3.05) is 28.8 Å². The van der Waals surface area contributed by atoms with Gasteiger partial charge in [0.1, 0.15) is 22.5 Å². The molecular formula is C12H16N4OS2. The van der Waals surface area contributed by atoms with Crippen LogP contribution in [0.25, 0.3) is 0 Å². The van der Waals surface area contributed by atoms with Crippen LogP contribution in [0.2, 0.25) is 0 Å². The van der Waals surface area contributed by atoms with Gasteiger partial charge in [-0.25, -0.2) is 4.98 Å². The second-order valence-electron chi connectivity index (χ2n) is 3.69. The molecule has 1 amide bonds. The summed E-state index contributed by atoms with van der Waals surface area (Å²) >= 11 is 2.90. The predicted molar refractivity (Wildman–Crippen MR) is 81.4 cm³/mol. The number of nitrogens with one attached hydrogen (secondary N) is 1. The zero-order valence-electron chi connectivity index (χ0n) is 10.9. The van der Waals surface area contributed by atoms with E-state index < -0.39 is 0 Å². The number of anilines is 2. The molecule has 0 aliphatic carbocycles. The summed E-state index contributed by atoms with van der Waals surface area (Å²) < 4.78 is 0. The van der Waals surface area contributed by atoms with Gasteiger partial charge < -0.3 is 11.1 Å². The van der Waals surface area contributed by atoms with Gasteiger partial charge in [-0.2, -0.15) is 17.0 Å². The molecule has 5 nitrogen and oxygen atoms in total. The number of hydrogen-bond donors (Lipinski definition) is 2. The Morgan fingerprint density at radius 2 is 2.37 bits per heavy atom. The standard InChI is InChI=1S/C12H16N4OS2/c1-3-4-19-7-11(17)15-10-5-9(14)8(6-13)12(16-10)18-2/h5H,3-4,7H2,1-2H3,(H3,14,15,16,17). The molecule has 0 saturated heterocycles. The lowest BCUT2D eigenvalue weighted by Gasteiger charge is -2.08. The maximum Gasteiger partial charge on any atom is 0.235 e. The number of nitrogens with two attached hydrogens (primary N) is 1. The van der Waals surface area contributed by atoms with Crippen molar-refractivity contribution in [1.29, 1.82) is 5.26 Å². The number of amides is 1. The van der Waals surface area contributed by atoms with Gasteiger partial charge in [-0.05, 0) is 18.4 Å². The topological polar surface area (TPSA) is 91.8 Å². The van der Waals surface area contributed by atoms with E-state index in [1.165, 1.54) is 17.8 Å². The van der Waals surface area contributed by atoms with Gasteiger partial charge in [0.25, 0.3) is 0 Å². The second kappa shape index (κ2) is 7.92. The largest absolute Gasteiger partial charge is 0.397 e.